The summed E-state index contributed by atoms with van der Waals surface area (Å²) in [5.41, 5.74) is 0.624. The van der Waals surface area contributed by atoms with Gasteiger partial charge in [-0.1, -0.05) is 154 Å². The fourth-order valence-corrected chi connectivity index (χ4v) is 5.55. The molecule has 0 saturated heterocycles. The molecular weight excluding hydrogens is 661 g/mol. The van der Waals surface area contributed by atoms with Crippen molar-refractivity contribution in [2.24, 2.45) is 0 Å². The molecule has 0 saturated carbocycles. The molecule has 4 aromatic carbocycles. The van der Waals surface area contributed by atoms with Gasteiger partial charge in [-0.15, -0.1) is 0 Å². The molecule has 4 nitrogen and oxygen atoms in total. The Morgan fingerprint density at radius 2 is 0.643 bits per heavy atom. The van der Waals surface area contributed by atoms with Crippen molar-refractivity contribution in [2.45, 2.75) is 32.6 Å². The molecule has 0 amide bonds. The van der Waals surface area contributed by atoms with E-state index in [0.717, 1.165) is 11.1 Å². The number of benzene rings is 4. The molecule has 4 rings (SSSR count). The van der Waals surface area contributed by atoms with Crippen LogP contribution in [0.1, 0.15) is 33.4 Å². The van der Waals surface area contributed by atoms with E-state index < -0.39 is 18.8 Å². The van der Waals surface area contributed by atoms with Gasteiger partial charge < -0.3 is 19.7 Å². The maximum atomic E-state index is 11.1. The molecule has 0 spiro atoms. The Morgan fingerprint density at radius 1 is 0.429 bits per heavy atom. The van der Waals surface area contributed by atoms with Crippen LogP contribution in [0.3, 0.4) is 0 Å². The van der Waals surface area contributed by atoms with Crippen molar-refractivity contribution in [2.75, 3.05) is 14.2 Å². The van der Waals surface area contributed by atoms with E-state index in [1.807, 2.05) is 38.1 Å². The second-order valence-corrected chi connectivity index (χ2v) is 14.2. The van der Waals surface area contributed by atoms with Crippen LogP contribution in [0.25, 0.3) is 0 Å². The van der Waals surface area contributed by atoms with Gasteiger partial charge in [0.15, 0.2) is 11.2 Å². The summed E-state index contributed by atoms with van der Waals surface area (Å²) in [6, 6.07) is 28.0. The van der Waals surface area contributed by atoms with Gasteiger partial charge in [0.1, 0.15) is 11.5 Å². The molecule has 0 unspecified atom stereocenters. The summed E-state index contributed by atoms with van der Waals surface area (Å²) in [7, 11) is 3.11. The Bertz CT molecular complexity index is 1330. The molecule has 4 aromatic rings. The van der Waals surface area contributed by atoms with Crippen LogP contribution in [-0.2, 0) is 11.2 Å². The first-order valence-electron chi connectivity index (χ1n) is 12.6. The molecule has 0 fully saturated rings. The summed E-state index contributed by atoms with van der Waals surface area (Å²) in [6.45, 7) is 3.92. The van der Waals surface area contributed by atoms with E-state index in [0.29, 0.717) is 33.8 Å². The zero-order chi connectivity index (χ0) is 31.3. The molecule has 42 heavy (non-hydrogen) atoms. The Hall–Kier alpha value is -1.86. The number of hydrogen-bond acceptors (Lipinski definition) is 4. The van der Waals surface area contributed by atoms with Gasteiger partial charge in [0.2, 0.25) is 7.59 Å². The van der Waals surface area contributed by atoms with Crippen molar-refractivity contribution in [1.82, 2.24) is 0 Å². The van der Waals surface area contributed by atoms with Gasteiger partial charge in [0, 0.05) is 0 Å². The van der Waals surface area contributed by atoms with Crippen LogP contribution in [0.5, 0.6) is 11.5 Å². The van der Waals surface area contributed by atoms with E-state index in [2.05, 4.69) is 0 Å². The first kappa shape index (κ1) is 34.6. The maximum Gasteiger partial charge on any atom is 0.227 e. The molecule has 0 aromatic heterocycles. The Morgan fingerprint density at radius 3 is 0.833 bits per heavy atom. The Balaban J connectivity index is 0.000000231. The van der Waals surface area contributed by atoms with Crippen LogP contribution in [0.15, 0.2) is 97.1 Å². The van der Waals surface area contributed by atoms with Gasteiger partial charge in [-0.2, -0.15) is 0 Å². The summed E-state index contributed by atoms with van der Waals surface area (Å²) in [4.78, 5) is 0. The molecule has 2 N–H and O–H groups in total. The smallest absolute Gasteiger partial charge is 0.227 e. The third kappa shape index (κ3) is 7.43. The topological polar surface area (TPSA) is 58.9 Å². The van der Waals surface area contributed by atoms with Crippen molar-refractivity contribution in [3.8, 4) is 11.5 Å². The second kappa shape index (κ2) is 13.8. The minimum absolute atomic E-state index is 0.443. The van der Waals surface area contributed by atoms with Crippen molar-refractivity contribution in [3.63, 3.8) is 0 Å². The fraction of sp³-hybridized carbons (Fsp3) is 0.250. The summed E-state index contributed by atoms with van der Waals surface area (Å²) in [6.07, 6.45) is 0. The van der Waals surface area contributed by atoms with Crippen LogP contribution in [0, 0.1) is 13.8 Å². The van der Waals surface area contributed by atoms with Crippen LogP contribution in [0.2, 0.25) is 0 Å². The molecule has 0 aliphatic heterocycles. The second-order valence-electron chi connectivity index (χ2n) is 9.61. The molecule has 0 radical (unpaired) electrons. The highest BCUT2D eigenvalue weighted by molar-refractivity contribution is 6.69. The summed E-state index contributed by atoms with van der Waals surface area (Å²) in [5, 5.41) is 22.2. The maximum absolute atomic E-state index is 11.1. The van der Waals surface area contributed by atoms with E-state index in [1.54, 1.807) is 87.0 Å². The van der Waals surface area contributed by atoms with Crippen molar-refractivity contribution in [1.29, 1.82) is 0 Å². The Kier molecular flexibility index (Phi) is 11.4. The highest BCUT2D eigenvalue weighted by atomic mass is 35.6. The van der Waals surface area contributed by atoms with Crippen LogP contribution >= 0.6 is 69.6 Å². The number of halogens is 6. The van der Waals surface area contributed by atoms with E-state index in [9.17, 15) is 10.2 Å². The van der Waals surface area contributed by atoms with Crippen molar-refractivity contribution < 1.29 is 19.7 Å². The van der Waals surface area contributed by atoms with Gasteiger partial charge in [0.25, 0.3) is 0 Å². The number of ether oxygens (including phenoxy) is 2. The summed E-state index contributed by atoms with van der Waals surface area (Å²) < 4.78 is 6.37. The van der Waals surface area contributed by atoms with E-state index in [-0.39, 0.29) is 0 Å². The molecule has 0 heterocycles. The minimum Gasteiger partial charge on any atom is -0.497 e. The number of alkyl halides is 6. The zero-order valence-electron chi connectivity index (χ0n) is 23.2. The van der Waals surface area contributed by atoms with Gasteiger partial charge in [-0.3, -0.25) is 0 Å². The molecule has 0 aliphatic rings. The Labute approximate surface area is 276 Å². The molecule has 10 heteroatoms. The standard InChI is InChI=1S/C16H15Cl3O3.C16H15Cl3O/c1-21-13-7-3-11(4-8-13)15(20,16(17,18)19)12-5-9-14(22-2)10-6-12;1-11-3-7-13(8-4-11)15(20,16(17,18)19)14-9-5-12(2)6-10-14/h3-10,20H,1-2H3;3-10,20H,1-2H3. The molecule has 0 aliphatic carbocycles. The normalized spacial score (nSPS) is 12.3. The molecule has 0 bridgehead atoms. The van der Waals surface area contributed by atoms with Gasteiger partial charge in [-0.05, 0) is 60.4 Å². The third-order valence-corrected chi connectivity index (χ3v) is 8.42. The lowest BCUT2D eigenvalue weighted by Gasteiger charge is -2.35. The van der Waals surface area contributed by atoms with Crippen molar-refractivity contribution >= 4 is 69.6 Å². The van der Waals surface area contributed by atoms with Crippen LogP contribution < -0.4 is 9.47 Å². The lowest BCUT2D eigenvalue weighted by Crippen LogP contribution is -2.41. The first-order chi connectivity index (χ1) is 19.6. The number of rotatable bonds is 6. The molecule has 224 valence electrons. The van der Waals surface area contributed by atoms with E-state index >= 15 is 0 Å². The number of methoxy groups -OCH3 is 2. The monoisotopic (exact) mass is 688 g/mol. The van der Waals surface area contributed by atoms with Crippen molar-refractivity contribution in [3.05, 3.63) is 130 Å². The summed E-state index contributed by atoms with van der Waals surface area (Å²) in [5.74, 6) is 1.29. The quantitative estimate of drug-likeness (QED) is 0.198. The number of hydrogen-bond donors (Lipinski definition) is 2. The highest BCUT2D eigenvalue weighted by Gasteiger charge is 2.51. The zero-order valence-corrected chi connectivity index (χ0v) is 27.8. The minimum atomic E-state index is -1.96. The third-order valence-electron chi connectivity index (χ3n) is 6.77. The number of aliphatic hydroxyl groups is 2. The first-order valence-corrected chi connectivity index (χ1v) is 14.9. The van der Waals surface area contributed by atoms with E-state index in [1.165, 1.54) is 0 Å². The highest BCUT2D eigenvalue weighted by Crippen LogP contribution is 2.50. The van der Waals surface area contributed by atoms with Crippen LogP contribution in [0.4, 0.5) is 0 Å². The largest absolute Gasteiger partial charge is 0.497 e. The predicted octanol–water partition coefficient (Wildman–Crippen LogP) is 9.22. The molecule has 0 atom stereocenters. The average molecular weight is 691 g/mol. The lowest BCUT2D eigenvalue weighted by atomic mass is 9.87. The van der Waals surface area contributed by atoms with Gasteiger partial charge in [-0.25, -0.2) is 0 Å². The lowest BCUT2D eigenvalue weighted by molar-refractivity contribution is 0.0846. The number of aryl methyl sites for hydroxylation is 2. The van der Waals surface area contributed by atoms with E-state index in [4.69, 9.17) is 79.1 Å². The summed E-state index contributed by atoms with van der Waals surface area (Å²) >= 11 is 36.4. The molecular formula is C32H30Cl6O4. The van der Waals surface area contributed by atoms with Gasteiger partial charge in [0.05, 0.1) is 14.2 Å². The fourth-order valence-electron chi connectivity index (χ4n) is 4.24. The van der Waals surface area contributed by atoms with Crippen LogP contribution in [-0.4, -0.2) is 32.0 Å². The SMILES string of the molecule is COc1ccc(C(O)(c2ccc(OC)cc2)C(Cl)(Cl)Cl)cc1.Cc1ccc(C(O)(c2ccc(C)cc2)C(Cl)(Cl)Cl)cc1. The van der Waals surface area contributed by atoms with Gasteiger partial charge >= 0.3 is 0 Å². The predicted molar refractivity (Wildman–Crippen MR) is 175 cm³/mol. The average Bonchev–Trinajstić information content (AvgIpc) is 2.96.